The van der Waals surface area contributed by atoms with Crippen molar-refractivity contribution in [2.45, 2.75) is 44.8 Å². The highest BCUT2D eigenvalue weighted by molar-refractivity contribution is 5.83. The van der Waals surface area contributed by atoms with Crippen molar-refractivity contribution >= 4 is 11.9 Å². The fraction of sp³-hybridized carbons (Fsp3) is 0.467. The summed E-state index contributed by atoms with van der Waals surface area (Å²) in [5.74, 6) is -1.61. The average Bonchev–Trinajstić information content (AvgIpc) is 2.35. The molecule has 110 valence electrons. The first-order chi connectivity index (χ1) is 9.15. The maximum atomic E-state index is 12.4. The second kappa shape index (κ2) is 6.05. The predicted molar refractivity (Wildman–Crippen MR) is 75.0 cm³/mol. The largest absolute Gasteiger partial charge is 0.481 e. The Labute approximate surface area is 118 Å². The van der Waals surface area contributed by atoms with Gasteiger partial charge in [-0.15, -0.1) is 0 Å². The monoisotopic (exact) mass is 279 g/mol. The van der Waals surface area contributed by atoms with Crippen molar-refractivity contribution < 1.29 is 19.4 Å². The molecule has 0 aliphatic carbocycles. The first-order valence-corrected chi connectivity index (χ1v) is 6.45. The number of hydrogen-bond acceptors (Lipinski definition) is 4. The summed E-state index contributed by atoms with van der Waals surface area (Å²) < 4.78 is 5.33. The fourth-order valence-electron chi connectivity index (χ4n) is 1.77. The van der Waals surface area contributed by atoms with E-state index in [1.54, 1.807) is 51.1 Å². The summed E-state index contributed by atoms with van der Waals surface area (Å²) in [6.45, 7) is 5.23. The van der Waals surface area contributed by atoms with Gasteiger partial charge < -0.3 is 15.6 Å². The van der Waals surface area contributed by atoms with Crippen LogP contribution >= 0.6 is 0 Å². The van der Waals surface area contributed by atoms with E-state index in [0.29, 0.717) is 5.56 Å². The first-order valence-electron chi connectivity index (χ1n) is 6.45. The van der Waals surface area contributed by atoms with E-state index in [2.05, 4.69) is 0 Å². The summed E-state index contributed by atoms with van der Waals surface area (Å²) in [6.07, 6.45) is -0.216. The van der Waals surface area contributed by atoms with Crippen molar-refractivity contribution in [3.05, 3.63) is 35.9 Å². The molecule has 1 unspecified atom stereocenters. The molecule has 0 aliphatic rings. The number of carbonyl (C=O) groups is 2. The molecule has 5 nitrogen and oxygen atoms in total. The third-order valence-electron chi connectivity index (χ3n) is 2.79. The molecular formula is C15H21NO4. The molecule has 0 bridgehead atoms. The lowest BCUT2D eigenvalue weighted by Crippen LogP contribution is -2.48. The van der Waals surface area contributed by atoms with Gasteiger partial charge in [-0.2, -0.15) is 0 Å². The molecule has 0 spiro atoms. The molecule has 0 aliphatic heterocycles. The Hall–Kier alpha value is -1.88. The maximum Gasteiger partial charge on any atom is 0.331 e. The van der Waals surface area contributed by atoms with Gasteiger partial charge in [0.15, 0.2) is 0 Å². The number of hydrogen-bond donors (Lipinski definition) is 2. The molecule has 0 fully saturated rings. The Kier molecular flexibility index (Phi) is 4.89. The number of aliphatic carboxylic acids is 1. The van der Waals surface area contributed by atoms with Crippen molar-refractivity contribution in [2.75, 3.05) is 0 Å². The van der Waals surface area contributed by atoms with E-state index in [9.17, 15) is 9.59 Å². The van der Waals surface area contributed by atoms with Crippen LogP contribution in [0.4, 0.5) is 0 Å². The van der Waals surface area contributed by atoms with Crippen LogP contribution in [0.3, 0.4) is 0 Å². The highest BCUT2D eigenvalue weighted by Gasteiger charge is 2.39. The second-order valence-electron chi connectivity index (χ2n) is 5.73. The number of benzene rings is 1. The van der Waals surface area contributed by atoms with Crippen LogP contribution in [0.1, 0.15) is 39.2 Å². The first kappa shape index (κ1) is 16.2. The Morgan fingerprint density at radius 3 is 2.20 bits per heavy atom. The Bertz CT molecular complexity index is 478. The van der Waals surface area contributed by atoms with Crippen LogP contribution in [0.5, 0.6) is 0 Å². The van der Waals surface area contributed by atoms with Crippen LogP contribution in [-0.2, 0) is 19.9 Å². The molecule has 1 aromatic rings. The number of carboxylic acid groups (broad SMARTS) is 1. The molecule has 0 saturated carbocycles. The molecule has 3 N–H and O–H groups in total. The zero-order valence-electron chi connectivity index (χ0n) is 12.1. The normalized spacial score (nSPS) is 14.4. The second-order valence-corrected chi connectivity index (χ2v) is 5.73. The quantitative estimate of drug-likeness (QED) is 0.805. The molecule has 20 heavy (non-hydrogen) atoms. The standard InChI is InChI=1S/C15H21NO4/c1-14(2,3)20-13(19)15(16,10-9-12(17)18)11-7-5-4-6-8-11/h4-8H,9-10,16H2,1-3H3,(H,17,18). The highest BCUT2D eigenvalue weighted by atomic mass is 16.6. The molecular weight excluding hydrogens is 258 g/mol. The summed E-state index contributed by atoms with van der Waals surface area (Å²) in [5.41, 5.74) is 4.60. The predicted octanol–water partition coefficient (Wildman–Crippen LogP) is 2.05. The van der Waals surface area contributed by atoms with Gasteiger partial charge in [-0.05, 0) is 32.8 Å². The molecule has 0 radical (unpaired) electrons. The number of carbonyl (C=O) groups excluding carboxylic acids is 1. The summed E-state index contributed by atoms with van der Waals surface area (Å²) in [6, 6.07) is 8.71. The summed E-state index contributed by atoms with van der Waals surface area (Å²) in [7, 11) is 0. The minimum atomic E-state index is -1.45. The Morgan fingerprint density at radius 1 is 1.20 bits per heavy atom. The SMILES string of the molecule is CC(C)(C)OC(=O)C(N)(CCC(=O)O)c1ccccc1. The molecule has 0 amide bonds. The van der Waals surface area contributed by atoms with Gasteiger partial charge in [0.25, 0.3) is 0 Å². The van der Waals surface area contributed by atoms with Gasteiger partial charge in [-0.25, -0.2) is 4.79 Å². The topological polar surface area (TPSA) is 89.6 Å². The van der Waals surface area contributed by atoms with E-state index < -0.39 is 23.1 Å². The molecule has 0 aromatic heterocycles. The van der Waals surface area contributed by atoms with Crippen LogP contribution < -0.4 is 5.73 Å². The lowest BCUT2D eigenvalue weighted by Gasteiger charge is -2.31. The van der Waals surface area contributed by atoms with E-state index in [1.807, 2.05) is 0 Å². The lowest BCUT2D eigenvalue weighted by atomic mass is 9.86. The van der Waals surface area contributed by atoms with E-state index in [4.69, 9.17) is 15.6 Å². The van der Waals surface area contributed by atoms with Crippen molar-refractivity contribution in [3.8, 4) is 0 Å². The van der Waals surface area contributed by atoms with E-state index >= 15 is 0 Å². The van der Waals surface area contributed by atoms with Gasteiger partial charge in [-0.3, -0.25) is 4.79 Å². The van der Waals surface area contributed by atoms with E-state index in [-0.39, 0.29) is 12.8 Å². The lowest BCUT2D eigenvalue weighted by molar-refractivity contribution is -0.162. The van der Waals surface area contributed by atoms with Crippen LogP contribution in [0.15, 0.2) is 30.3 Å². The molecule has 1 aromatic carbocycles. The van der Waals surface area contributed by atoms with Crippen molar-refractivity contribution in [3.63, 3.8) is 0 Å². The number of carboxylic acids is 1. The summed E-state index contributed by atoms with van der Waals surface area (Å²) in [4.78, 5) is 23.1. The maximum absolute atomic E-state index is 12.4. The van der Waals surface area contributed by atoms with E-state index in [1.165, 1.54) is 0 Å². The van der Waals surface area contributed by atoms with Gasteiger partial charge in [0.05, 0.1) is 0 Å². The molecule has 0 saturated heterocycles. The molecule has 1 atom stereocenters. The average molecular weight is 279 g/mol. The van der Waals surface area contributed by atoms with Crippen LogP contribution in [0, 0.1) is 0 Å². The number of rotatable bonds is 5. The Balaban J connectivity index is 3.07. The summed E-state index contributed by atoms with van der Waals surface area (Å²) >= 11 is 0. The number of nitrogens with two attached hydrogens (primary N) is 1. The van der Waals surface area contributed by atoms with Gasteiger partial charge in [-0.1, -0.05) is 30.3 Å². The van der Waals surface area contributed by atoms with Gasteiger partial charge >= 0.3 is 11.9 Å². The minimum Gasteiger partial charge on any atom is -0.481 e. The van der Waals surface area contributed by atoms with Crippen molar-refractivity contribution in [1.82, 2.24) is 0 Å². The molecule has 0 heterocycles. The third-order valence-corrected chi connectivity index (χ3v) is 2.79. The van der Waals surface area contributed by atoms with Crippen LogP contribution in [-0.4, -0.2) is 22.6 Å². The number of ether oxygens (including phenoxy) is 1. The highest BCUT2D eigenvalue weighted by Crippen LogP contribution is 2.27. The minimum absolute atomic E-state index is 0.0126. The third kappa shape index (κ3) is 4.35. The number of esters is 1. The zero-order chi connectivity index (χ0) is 15.4. The summed E-state index contributed by atoms with van der Waals surface area (Å²) in [5, 5.41) is 8.83. The van der Waals surface area contributed by atoms with Crippen molar-refractivity contribution in [2.24, 2.45) is 5.73 Å². The fourth-order valence-corrected chi connectivity index (χ4v) is 1.77. The van der Waals surface area contributed by atoms with E-state index in [0.717, 1.165) is 0 Å². The van der Waals surface area contributed by atoms with Crippen molar-refractivity contribution in [1.29, 1.82) is 0 Å². The van der Waals surface area contributed by atoms with Gasteiger partial charge in [0, 0.05) is 6.42 Å². The zero-order valence-corrected chi connectivity index (χ0v) is 12.1. The van der Waals surface area contributed by atoms with Crippen LogP contribution in [0.2, 0.25) is 0 Å². The van der Waals surface area contributed by atoms with Gasteiger partial charge in [0.2, 0.25) is 0 Å². The Morgan fingerprint density at radius 2 is 1.75 bits per heavy atom. The smallest absolute Gasteiger partial charge is 0.331 e. The van der Waals surface area contributed by atoms with Crippen LogP contribution in [0.25, 0.3) is 0 Å². The van der Waals surface area contributed by atoms with Gasteiger partial charge in [0.1, 0.15) is 11.1 Å². The molecule has 5 heteroatoms. The molecule has 1 rings (SSSR count).